The second kappa shape index (κ2) is 7.26. The first kappa shape index (κ1) is 16.3. The Morgan fingerprint density at radius 2 is 1.85 bits per heavy atom. The highest BCUT2D eigenvalue weighted by molar-refractivity contribution is 7.91. The lowest BCUT2D eigenvalue weighted by Crippen LogP contribution is -2.40. The van der Waals surface area contributed by atoms with Gasteiger partial charge in [-0.15, -0.1) is 0 Å². The van der Waals surface area contributed by atoms with Gasteiger partial charge in [0.2, 0.25) is 0 Å². The Labute approximate surface area is 124 Å². The Morgan fingerprint density at radius 3 is 2.40 bits per heavy atom. The van der Waals surface area contributed by atoms with E-state index in [1.807, 2.05) is 0 Å². The first-order valence-electron chi connectivity index (χ1n) is 8.44. The van der Waals surface area contributed by atoms with Gasteiger partial charge in [-0.05, 0) is 56.4 Å². The number of hydrogen-bond donors (Lipinski definition) is 1. The smallest absolute Gasteiger partial charge is 0.150 e. The summed E-state index contributed by atoms with van der Waals surface area (Å²) < 4.78 is 23.3. The van der Waals surface area contributed by atoms with Gasteiger partial charge < -0.3 is 5.32 Å². The first-order valence-corrected chi connectivity index (χ1v) is 10.3. The first-order chi connectivity index (χ1) is 9.50. The normalized spacial score (nSPS) is 35.0. The van der Waals surface area contributed by atoms with Crippen LogP contribution in [0.15, 0.2) is 0 Å². The van der Waals surface area contributed by atoms with Crippen LogP contribution in [0, 0.1) is 17.8 Å². The van der Waals surface area contributed by atoms with Crippen LogP contribution in [0.4, 0.5) is 0 Å². The predicted molar refractivity (Wildman–Crippen MR) is 84.6 cm³/mol. The molecule has 2 unspecified atom stereocenters. The summed E-state index contributed by atoms with van der Waals surface area (Å²) in [6.45, 7) is 5.62. The van der Waals surface area contributed by atoms with Crippen molar-refractivity contribution in [2.24, 2.45) is 17.8 Å². The molecule has 118 valence electrons. The van der Waals surface area contributed by atoms with Crippen molar-refractivity contribution in [1.82, 2.24) is 5.32 Å². The van der Waals surface area contributed by atoms with Gasteiger partial charge in [-0.25, -0.2) is 8.42 Å². The van der Waals surface area contributed by atoms with Crippen LogP contribution >= 0.6 is 0 Å². The van der Waals surface area contributed by atoms with Crippen molar-refractivity contribution in [2.75, 3.05) is 18.1 Å². The van der Waals surface area contributed by atoms with E-state index in [0.29, 0.717) is 23.5 Å². The molecule has 0 spiro atoms. The fourth-order valence-electron chi connectivity index (χ4n) is 3.88. The third-order valence-electron chi connectivity index (χ3n) is 5.20. The molecule has 20 heavy (non-hydrogen) atoms. The SMILES string of the molecule is CCCNC(CC1CCS(=O)(=O)C1)C1CCC(C)CC1. The molecule has 0 aromatic rings. The number of hydrogen-bond acceptors (Lipinski definition) is 3. The molecule has 2 atom stereocenters. The number of nitrogens with one attached hydrogen (secondary N) is 1. The van der Waals surface area contributed by atoms with Gasteiger partial charge in [-0.2, -0.15) is 0 Å². The van der Waals surface area contributed by atoms with Crippen LogP contribution in [0.25, 0.3) is 0 Å². The second-order valence-electron chi connectivity index (χ2n) is 7.09. The van der Waals surface area contributed by atoms with E-state index in [1.165, 1.54) is 25.7 Å². The van der Waals surface area contributed by atoms with Gasteiger partial charge in [-0.3, -0.25) is 0 Å². The van der Waals surface area contributed by atoms with Gasteiger partial charge >= 0.3 is 0 Å². The van der Waals surface area contributed by atoms with Crippen LogP contribution in [0.3, 0.4) is 0 Å². The summed E-state index contributed by atoms with van der Waals surface area (Å²) in [5.41, 5.74) is 0. The van der Waals surface area contributed by atoms with Gasteiger partial charge in [0.1, 0.15) is 0 Å². The van der Waals surface area contributed by atoms with E-state index >= 15 is 0 Å². The molecule has 1 saturated heterocycles. The zero-order chi connectivity index (χ0) is 14.6. The molecule has 1 saturated carbocycles. The minimum atomic E-state index is -2.73. The van der Waals surface area contributed by atoms with Crippen LogP contribution in [0.1, 0.15) is 58.8 Å². The molecule has 0 aromatic carbocycles. The topological polar surface area (TPSA) is 46.2 Å². The van der Waals surface area contributed by atoms with Crippen molar-refractivity contribution in [3.8, 4) is 0 Å². The Bertz CT molecular complexity index is 385. The molecule has 4 heteroatoms. The van der Waals surface area contributed by atoms with E-state index in [-0.39, 0.29) is 0 Å². The van der Waals surface area contributed by atoms with Crippen LogP contribution in [-0.2, 0) is 9.84 Å². The van der Waals surface area contributed by atoms with Crippen LogP contribution in [0.2, 0.25) is 0 Å². The average Bonchev–Trinajstić information content (AvgIpc) is 2.75. The maximum atomic E-state index is 11.6. The molecule has 3 nitrogen and oxygen atoms in total. The third-order valence-corrected chi connectivity index (χ3v) is 7.04. The maximum absolute atomic E-state index is 11.6. The van der Waals surface area contributed by atoms with Crippen molar-refractivity contribution < 1.29 is 8.42 Å². The Kier molecular flexibility index (Phi) is 5.91. The van der Waals surface area contributed by atoms with E-state index < -0.39 is 9.84 Å². The minimum absolute atomic E-state index is 0.397. The van der Waals surface area contributed by atoms with E-state index in [9.17, 15) is 8.42 Å². The number of rotatable bonds is 6. The zero-order valence-corrected chi connectivity index (χ0v) is 13.9. The highest BCUT2D eigenvalue weighted by atomic mass is 32.2. The van der Waals surface area contributed by atoms with E-state index in [4.69, 9.17) is 0 Å². The summed E-state index contributed by atoms with van der Waals surface area (Å²) in [5.74, 6) is 2.89. The summed E-state index contributed by atoms with van der Waals surface area (Å²) in [4.78, 5) is 0. The van der Waals surface area contributed by atoms with Gasteiger partial charge in [0.25, 0.3) is 0 Å². The summed E-state index contributed by atoms with van der Waals surface area (Å²) in [6.07, 6.45) is 8.44. The molecule has 1 heterocycles. The molecule has 2 fully saturated rings. The van der Waals surface area contributed by atoms with E-state index in [0.717, 1.165) is 37.6 Å². The maximum Gasteiger partial charge on any atom is 0.150 e. The average molecular weight is 301 g/mol. The van der Waals surface area contributed by atoms with Crippen molar-refractivity contribution in [3.05, 3.63) is 0 Å². The van der Waals surface area contributed by atoms with Crippen molar-refractivity contribution in [2.45, 2.75) is 64.8 Å². The van der Waals surface area contributed by atoms with Gasteiger partial charge in [0.15, 0.2) is 9.84 Å². The molecule has 1 aliphatic heterocycles. The zero-order valence-electron chi connectivity index (χ0n) is 13.1. The van der Waals surface area contributed by atoms with Gasteiger partial charge in [0, 0.05) is 6.04 Å². The summed E-state index contributed by atoms with van der Waals surface area (Å²) in [6, 6.07) is 0.542. The third kappa shape index (κ3) is 4.73. The molecular weight excluding hydrogens is 270 g/mol. The molecular formula is C16H31NO2S. The Hall–Kier alpha value is -0.0900. The largest absolute Gasteiger partial charge is 0.314 e. The van der Waals surface area contributed by atoms with E-state index in [2.05, 4.69) is 19.2 Å². The summed E-state index contributed by atoms with van der Waals surface area (Å²) in [5, 5.41) is 3.71. The molecule has 0 amide bonds. The quantitative estimate of drug-likeness (QED) is 0.820. The molecule has 0 bridgehead atoms. The van der Waals surface area contributed by atoms with Crippen molar-refractivity contribution in [1.29, 1.82) is 0 Å². The summed E-state index contributed by atoms with van der Waals surface area (Å²) >= 11 is 0. The highest BCUT2D eigenvalue weighted by Gasteiger charge is 2.33. The summed E-state index contributed by atoms with van der Waals surface area (Å²) in [7, 11) is -2.73. The predicted octanol–water partition coefficient (Wildman–Crippen LogP) is 3.01. The lowest BCUT2D eigenvalue weighted by atomic mass is 9.77. The molecule has 0 aromatic heterocycles. The molecule has 0 radical (unpaired) electrons. The standard InChI is InChI=1S/C16H31NO2S/c1-3-9-17-16(15-6-4-13(2)5-7-15)11-14-8-10-20(18,19)12-14/h13-17H,3-12H2,1-2H3. The molecule has 2 rings (SSSR count). The highest BCUT2D eigenvalue weighted by Crippen LogP contribution is 2.34. The second-order valence-corrected chi connectivity index (χ2v) is 9.31. The lowest BCUT2D eigenvalue weighted by Gasteiger charge is -2.34. The molecule has 2 aliphatic rings. The minimum Gasteiger partial charge on any atom is -0.314 e. The van der Waals surface area contributed by atoms with Gasteiger partial charge in [0.05, 0.1) is 11.5 Å². The van der Waals surface area contributed by atoms with Crippen molar-refractivity contribution in [3.63, 3.8) is 0 Å². The fourth-order valence-corrected chi connectivity index (χ4v) is 5.76. The monoisotopic (exact) mass is 301 g/mol. The Morgan fingerprint density at radius 1 is 1.15 bits per heavy atom. The molecule has 1 aliphatic carbocycles. The lowest BCUT2D eigenvalue weighted by molar-refractivity contribution is 0.209. The molecule has 1 N–H and O–H groups in total. The van der Waals surface area contributed by atoms with Crippen LogP contribution in [-0.4, -0.2) is 32.5 Å². The van der Waals surface area contributed by atoms with Crippen LogP contribution in [0.5, 0.6) is 0 Å². The Balaban J connectivity index is 1.90. The van der Waals surface area contributed by atoms with Gasteiger partial charge in [-0.1, -0.05) is 26.7 Å². The number of sulfone groups is 1. The van der Waals surface area contributed by atoms with Crippen LogP contribution < -0.4 is 5.32 Å². The van der Waals surface area contributed by atoms with Crippen molar-refractivity contribution >= 4 is 9.84 Å². The van der Waals surface area contributed by atoms with E-state index in [1.54, 1.807) is 0 Å². The fraction of sp³-hybridized carbons (Fsp3) is 1.00.